The van der Waals surface area contributed by atoms with Crippen LogP contribution in [0.4, 0.5) is 0 Å². The average molecular weight is 263 g/mol. The van der Waals surface area contributed by atoms with E-state index in [1.807, 2.05) is 13.8 Å². The first-order valence-electron chi connectivity index (χ1n) is 5.87. The van der Waals surface area contributed by atoms with Gasteiger partial charge in [-0.25, -0.2) is 5.43 Å². The second-order valence-electron chi connectivity index (χ2n) is 4.29. The van der Waals surface area contributed by atoms with Crippen LogP contribution in [0.1, 0.15) is 25.8 Å². The van der Waals surface area contributed by atoms with Crippen LogP contribution in [0, 0.1) is 0 Å². The second-order valence-corrected chi connectivity index (χ2v) is 4.29. The molecule has 0 bridgehead atoms. The molecule has 0 unspecified atom stereocenters. The number of nitrogens with zero attached hydrogens (tertiary/aromatic N) is 1. The molecule has 0 spiro atoms. The Kier molecular flexibility index (Phi) is 5.53. The Balaban J connectivity index is 2.40. The summed E-state index contributed by atoms with van der Waals surface area (Å²) in [4.78, 5) is 22.6. The van der Waals surface area contributed by atoms with E-state index < -0.39 is 5.91 Å². The van der Waals surface area contributed by atoms with Crippen molar-refractivity contribution in [3.05, 3.63) is 29.8 Å². The van der Waals surface area contributed by atoms with E-state index in [4.69, 9.17) is 0 Å². The Bertz CT molecular complexity index is 484. The topological polar surface area (TPSA) is 90.8 Å². The Morgan fingerprint density at radius 2 is 2.11 bits per heavy atom. The van der Waals surface area contributed by atoms with E-state index >= 15 is 0 Å². The summed E-state index contributed by atoms with van der Waals surface area (Å²) >= 11 is 0. The Labute approximate surface area is 111 Å². The van der Waals surface area contributed by atoms with Crippen molar-refractivity contribution in [2.45, 2.75) is 26.3 Å². The minimum absolute atomic E-state index is 0.00362. The number of hydrogen-bond acceptors (Lipinski definition) is 4. The van der Waals surface area contributed by atoms with Gasteiger partial charge in [0.05, 0.1) is 6.21 Å². The standard InChI is InChI=1S/C13H17N3O3/c1-9(2)15-12(18)7-13(19)16-14-8-10-4-3-5-11(17)6-10/h3-6,8-9,17H,7H2,1-2H3,(H,15,18)(H,16,19)/b14-8+. The van der Waals surface area contributed by atoms with E-state index in [0.717, 1.165) is 0 Å². The van der Waals surface area contributed by atoms with Crippen molar-refractivity contribution in [3.8, 4) is 5.75 Å². The van der Waals surface area contributed by atoms with E-state index in [1.165, 1.54) is 18.3 Å². The van der Waals surface area contributed by atoms with Gasteiger partial charge in [0.25, 0.3) is 0 Å². The quantitative estimate of drug-likeness (QED) is 0.416. The third-order valence-corrected chi connectivity index (χ3v) is 2.04. The predicted molar refractivity (Wildman–Crippen MR) is 71.7 cm³/mol. The molecular weight excluding hydrogens is 246 g/mol. The molecule has 19 heavy (non-hydrogen) atoms. The highest BCUT2D eigenvalue weighted by atomic mass is 16.3. The van der Waals surface area contributed by atoms with Crippen LogP contribution in [0.2, 0.25) is 0 Å². The summed E-state index contributed by atoms with van der Waals surface area (Å²) in [6.45, 7) is 3.63. The minimum atomic E-state index is -0.491. The van der Waals surface area contributed by atoms with E-state index in [2.05, 4.69) is 15.8 Å². The zero-order valence-corrected chi connectivity index (χ0v) is 10.9. The predicted octanol–water partition coefficient (Wildman–Crippen LogP) is 0.757. The van der Waals surface area contributed by atoms with Gasteiger partial charge in [-0.05, 0) is 31.5 Å². The summed E-state index contributed by atoms with van der Waals surface area (Å²) in [5.74, 6) is -0.721. The maximum absolute atomic E-state index is 11.4. The van der Waals surface area contributed by atoms with Gasteiger partial charge in [-0.3, -0.25) is 9.59 Å². The molecule has 0 atom stereocenters. The molecular formula is C13H17N3O3. The van der Waals surface area contributed by atoms with Gasteiger partial charge >= 0.3 is 0 Å². The molecule has 6 heteroatoms. The fourth-order valence-corrected chi connectivity index (χ4v) is 1.34. The number of hydrogen-bond donors (Lipinski definition) is 3. The van der Waals surface area contributed by atoms with Crippen LogP contribution >= 0.6 is 0 Å². The lowest BCUT2D eigenvalue weighted by atomic mass is 10.2. The number of hydrazone groups is 1. The maximum Gasteiger partial charge on any atom is 0.249 e. The van der Waals surface area contributed by atoms with Gasteiger partial charge in [-0.15, -0.1) is 0 Å². The van der Waals surface area contributed by atoms with Gasteiger partial charge in [0, 0.05) is 6.04 Å². The normalized spacial score (nSPS) is 10.7. The summed E-state index contributed by atoms with van der Waals surface area (Å²) in [6, 6.07) is 6.42. The highest BCUT2D eigenvalue weighted by molar-refractivity contribution is 5.97. The molecule has 0 aliphatic carbocycles. The molecule has 1 aromatic carbocycles. The number of carbonyl (C=O) groups excluding carboxylic acids is 2. The second kappa shape index (κ2) is 7.15. The van der Waals surface area contributed by atoms with Crippen LogP contribution in [-0.2, 0) is 9.59 Å². The highest BCUT2D eigenvalue weighted by Crippen LogP contribution is 2.08. The van der Waals surface area contributed by atoms with E-state index in [0.29, 0.717) is 5.56 Å². The molecule has 0 heterocycles. The van der Waals surface area contributed by atoms with Crippen LogP contribution in [-0.4, -0.2) is 29.2 Å². The van der Waals surface area contributed by atoms with E-state index in [9.17, 15) is 14.7 Å². The Morgan fingerprint density at radius 1 is 1.37 bits per heavy atom. The average Bonchev–Trinajstić information content (AvgIpc) is 2.27. The minimum Gasteiger partial charge on any atom is -0.508 e. The molecule has 0 aliphatic rings. The summed E-state index contributed by atoms with van der Waals surface area (Å²) in [6.07, 6.45) is 1.12. The van der Waals surface area contributed by atoms with Crippen molar-refractivity contribution in [1.29, 1.82) is 0 Å². The van der Waals surface area contributed by atoms with Crippen LogP contribution in [0.3, 0.4) is 0 Å². The zero-order valence-electron chi connectivity index (χ0n) is 10.9. The summed E-state index contributed by atoms with van der Waals surface area (Å²) in [5.41, 5.74) is 2.89. The first-order chi connectivity index (χ1) is 8.97. The summed E-state index contributed by atoms with van der Waals surface area (Å²) < 4.78 is 0. The molecule has 0 aromatic heterocycles. The van der Waals surface area contributed by atoms with Gasteiger partial charge in [0.1, 0.15) is 12.2 Å². The number of amides is 2. The van der Waals surface area contributed by atoms with Crippen molar-refractivity contribution in [3.63, 3.8) is 0 Å². The maximum atomic E-state index is 11.4. The Hall–Kier alpha value is -2.37. The van der Waals surface area contributed by atoms with Gasteiger partial charge in [-0.1, -0.05) is 12.1 Å². The van der Waals surface area contributed by atoms with Gasteiger partial charge in [-0.2, -0.15) is 5.10 Å². The number of phenolic OH excluding ortho intramolecular Hbond substituents is 1. The molecule has 0 fully saturated rings. The molecule has 3 N–H and O–H groups in total. The number of benzene rings is 1. The lowest BCUT2D eigenvalue weighted by Gasteiger charge is -2.06. The SMILES string of the molecule is CC(C)NC(=O)CC(=O)N/N=C/c1cccc(O)c1. The third kappa shape index (κ3) is 6.21. The number of nitrogens with one attached hydrogen (secondary N) is 2. The number of aromatic hydroxyl groups is 1. The van der Waals surface area contributed by atoms with E-state index in [-0.39, 0.29) is 24.1 Å². The van der Waals surface area contributed by atoms with Crippen molar-refractivity contribution in [2.75, 3.05) is 0 Å². The lowest BCUT2D eigenvalue weighted by molar-refractivity contribution is -0.129. The molecule has 6 nitrogen and oxygen atoms in total. The van der Waals surface area contributed by atoms with Crippen molar-refractivity contribution < 1.29 is 14.7 Å². The number of phenols is 1. The van der Waals surface area contributed by atoms with Crippen LogP contribution in [0.15, 0.2) is 29.4 Å². The van der Waals surface area contributed by atoms with Crippen LogP contribution in [0.25, 0.3) is 0 Å². The number of carbonyl (C=O) groups is 2. The molecule has 102 valence electrons. The third-order valence-electron chi connectivity index (χ3n) is 2.04. The molecule has 0 radical (unpaired) electrons. The molecule has 0 saturated carbocycles. The number of rotatable bonds is 5. The summed E-state index contributed by atoms with van der Waals surface area (Å²) in [7, 11) is 0. The molecule has 1 rings (SSSR count). The fourth-order valence-electron chi connectivity index (χ4n) is 1.34. The summed E-state index contributed by atoms with van der Waals surface area (Å²) in [5, 5.41) is 15.5. The molecule has 1 aromatic rings. The Morgan fingerprint density at radius 3 is 2.74 bits per heavy atom. The zero-order chi connectivity index (χ0) is 14.3. The molecule has 2 amide bonds. The van der Waals surface area contributed by atoms with Crippen LogP contribution in [0.5, 0.6) is 5.75 Å². The van der Waals surface area contributed by atoms with Crippen LogP contribution < -0.4 is 10.7 Å². The molecule has 0 aliphatic heterocycles. The largest absolute Gasteiger partial charge is 0.508 e. The fraction of sp³-hybridized carbons (Fsp3) is 0.308. The first-order valence-corrected chi connectivity index (χ1v) is 5.87. The van der Waals surface area contributed by atoms with Crippen molar-refractivity contribution >= 4 is 18.0 Å². The smallest absolute Gasteiger partial charge is 0.249 e. The molecule has 0 saturated heterocycles. The van der Waals surface area contributed by atoms with Gasteiger partial charge < -0.3 is 10.4 Å². The monoisotopic (exact) mass is 263 g/mol. The van der Waals surface area contributed by atoms with Gasteiger partial charge in [0.2, 0.25) is 11.8 Å². The van der Waals surface area contributed by atoms with Gasteiger partial charge in [0.15, 0.2) is 0 Å². The van der Waals surface area contributed by atoms with Crippen molar-refractivity contribution in [1.82, 2.24) is 10.7 Å². The highest BCUT2D eigenvalue weighted by Gasteiger charge is 2.08. The van der Waals surface area contributed by atoms with Crippen molar-refractivity contribution in [2.24, 2.45) is 5.10 Å². The first kappa shape index (κ1) is 14.7. The lowest BCUT2D eigenvalue weighted by Crippen LogP contribution is -2.34. The van der Waals surface area contributed by atoms with E-state index in [1.54, 1.807) is 12.1 Å².